The summed E-state index contributed by atoms with van der Waals surface area (Å²) < 4.78 is 41.5. The zero-order valence-corrected chi connectivity index (χ0v) is 24.5. The van der Waals surface area contributed by atoms with Crippen LogP contribution in [-0.4, -0.2) is 88.4 Å². The predicted molar refractivity (Wildman–Crippen MR) is 151 cm³/mol. The van der Waals surface area contributed by atoms with Crippen molar-refractivity contribution in [2.24, 2.45) is 0 Å². The lowest BCUT2D eigenvalue weighted by Gasteiger charge is -2.26. The molecule has 220 valence electrons. The third-order valence-corrected chi connectivity index (χ3v) is 7.88. The van der Waals surface area contributed by atoms with Crippen molar-refractivity contribution >= 4 is 35.2 Å². The van der Waals surface area contributed by atoms with Gasteiger partial charge < -0.3 is 24.6 Å². The molecule has 0 saturated carbocycles. The Labute approximate surface area is 241 Å². The zero-order chi connectivity index (χ0) is 29.5. The summed E-state index contributed by atoms with van der Waals surface area (Å²) in [7, 11) is 1.52. The topological polar surface area (TPSA) is 101 Å². The number of nitrogens with one attached hydrogen (secondary N) is 1. The number of alkyl halides is 1. The highest BCUT2D eigenvalue weighted by atomic mass is 32.2. The number of anilines is 1. The number of benzene rings is 1. The molecule has 2 aliphatic heterocycles. The summed E-state index contributed by atoms with van der Waals surface area (Å²) in [5.74, 6) is -0.384. The van der Waals surface area contributed by atoms with Gasteiger partial charge >= 0.3 is 6.09 Å². The summed E-state index contributed by atoms with van der Waals surface area (Å²) >= 11 is 1.42. The minimum absolute atomic E-state index is 0.0859. The molecule has 41 heavy (non-hydrogen) atoms. The first kappa shape index (κ1) is 29.1. The number of methoxy groups -OCH3 is 1. The number of aromatic nitrogens is 3. The minimum atomic E-state index is -1.12. The molecule has 4 atom stereocenters. The molecule has 2 fully saturated rings. The number of hydrogen-bond donors (Lipinski definition) is 1. The van der Waals surface area contributed by atoms with Gasteiger partial charge in [-0.05, 0) is 62.9 Å². The molecule has 0 unspecified atom stereocenters. The molecule has 0 bridgehead atoms. The third-order valence-electron chi connectivity index (χ3n) is 7.18. The standard InChI is InChI=1S/C28H34F2N6O4S/c1-28(2,3)40-27(38)34-14-20(23(15-34)39-4)32-26(37)22-12-31-24-6-7-25(33-36(22)24)35-13-18(30)11-21(35)16-8-17(29)10-19(9-16)41-5/h6-10,12,18,20-21,23H,11,13-15H2,1-5H3,(H,32,37)/t18-,20-,21+,23-/m0/s1. The number of carbonyl (C=O) groups is 2. The van der Waals surface area contributed by atoms with E-state index < -0.39 is 42.0 Å². The van der Waals surface area contributed by atoms with E-state index in [2.05, 4.69) is 15.4 Å². The van der Waals surface area contributed by atoms with Crippen molar-refractivity contribution < 1.29 is 27.8 Å². The van der Waals surface area contributed by atoms with Gasteiger partial charge in [0.25, 0.3) is 5.91 Å². The summed E-state index contributed by atoms with van der Waals surface area (Å²) in [5, 5.41) is 7.59. The van der Waals surface area contributed by atoms with E-state index in [1.165, 1.54) is 46.6 Å². The summed E-state index contributed by atoms with van der Waals surface area (Å²) in [4.78, 5) is 34.3. The summed E-state index contributed by atoms with van der Waals surface area (Å²) in [6.45, 7) is 5.94. The Morgan fingerprint density at radius 3 is 2.63 bits per heavy atom. The van der Waals surface area contributed by atoms with Gasteiger partial charge in [-0.2, -0.15) is 0 Å². The summed E-state index contributed by atoms with van der Waals surface area (Å²) in [6.07, 6.45) is 1.44. The van der Waals surface area contributed by atoms with Crippen molar-refractivity contribution in [3.05, 3.63) is 53.6 Å². The van der Waals surface area contributed by atoms with Crippen LogP contribution in [0.5, 0.6) is 0 Å². The van der Waals surface area contributed by atoms with Crippen LogP contribution in [-0.2, 0) is 9.47 Å². The van der Waals surface area contributed by atoms with Gasteiger partial charge in [0, 0.05) is 25.0 Å². The third kappa shape index (κ3) is 6.25. The van der Waals surface area contributed by atoms with E-state index in [-0.39, 0.29) is 37.6 Å². The molecular weight excluding hydrogens is 554 g/mol. The van der Waals surface area contributed by atoms with Crippen molar-refractivity contribution in [3.63, 3.8) is 0 Å². The molecule has 0 aliphatic carbocycles. The summed E-state index contributed by atoms with van der Waals surface area (Å²) in [6, 6.07) is 7.27. The average Bonchev–Trinajstić information content (AvgIpc) is 3.63. The van der Waals surface area contributed by atoms with Crippen LogP contribution in [0.3, 0.4) is 0 Å². The highest BCUT2D eigenvalue weighted by Crippen LogP contribution is 2.38. The van der Waals surface area contributed by atoms with Crippen LogP contribution < -0.4 is 10.2 Å². The van der Waals surface area contributed by atoms with Gasteiger partial charge in [-0.1, -0.05) is 0 Å². The Morgan fingerprint density at radius 1 is 1.15 bits per heavy atom. The van der Waals surface area contributed by atoms with Crippen LogP contribution >= 0.6 is 11.8 Å². The van der Waals surface area contributed by atoms with Crippen LogP contribution in [0, 0.1) is 5.82 Å². The lowest BCUT2D eigenvalue weighted by atomic mass is 10.0. The van der Waals surface area contributed by atoms with E-state index >= 15 is 0 Å². The lowest BCUT2D eigenvalue weighted by molar-refractivity contribution is 0.0252. The highest BCUT2D eigenvalue weighted by Gasteiger charge is 2.39. The van der Waals surface area contributed by atoms with Crippen molar-refractivity contribution in [1.82, 2.24) is 24.8 Å². The van der Waals surface area contributed by atoms with Crippen LogP contribution in [0.4, 0.5) is 19.4 Å². The normalized spacial score (nSPS) is 22.9. The predicted octanol–water partition coefficient (Wildman–Crippen LogP) is 4.24. The molecule has 10 nitrogen and oxygen atoms in total. The second-order valence-electron chi connectivity index (χ2n) is 11.3. The molecule has 0 radical (unpaired) electrons. The van der Waals surface area contributed by atoms with Crippen LogP contribution in [0.15, 0.2) is 41.4 Å². The fourth-order valence-corrected chi connectivity index (χ4v) is 5.77. The quantitative estimate of drug-likeness (QED) is 0.427. The molecule has 5 rings (SSSR count). The molecule has 0 spiro atoms. The molecule has 2 amide bonds. The van der Waals surface area contributed by atoms with E-state index in [9.17, 15) is 18.4 Å². The number of halogens is 2. The number of hydrogen-bond acceptors (Lipinski definition) is 8. The zero-order valence-electron chi connectivity index (χ0n) is 23.6. The number of likely N-dealkylation sites (tertiary alicyclic amines) is 1. The minimum Gasteiger partial charge on any atom is -0.444 e. The summed E-state index contributed by atoms with van der Waals surface area (Å²) in [5.41, 5.74) is 0.632. The molecule has 2 aromatic heterocycles. The van der Waals surface area contributed by atoms with Gasteiger partial charge in [0.05, 0.1) is 37.5 Å². The van der Waals surface area contributed by atoms with Crippen molar-refractivity contribution in [1.29, 1.82) is 0 Å². The lowest BCUT2D eigenvalue weighted by Crippen LogP contribution is -2.44. The van der Waals surface area contributed by atoms with Crippen molar-refractivity contribution in [3.8, 4) is 0 Å². The molecule has 2 aliphatic rings. The molecule has 3 aromatic rings. The molecule has 1 N–H and O–H groups in total. The first-order chi connectivity index (χ1) is 19.5. The van der Waals surface area contributed by atoms with E-state index in [4.69, 9.17) is 9.47 Å². The number of thioether (sulfide) groups is 1. The Hall–Kier alpha value is -3.45. The average molecular weight is 589 g/mol. The number of ether oxygens (including phenoxy) is 2. The maximum absolute atomic E-state index is 14.7. The Bertz CT molecular complexity index is 1450. The van der Waals surface area contributed by atoms with E-state index in [1.54, 1.807) is 37.8 Å². The number of rotatable bonds is 6. The van der Waals surface area contributed by atoms with Gasteiger partial charge in [0.2, 0.25) is 0 Å². The van der Waals surface area contributed by atoms with Crippen molar-refractivity contribution in [2.45, 2.75) is 62.0 Å². The fourth-order valence-electron chi connectivity index (χ4n) is 5.29. The first-order valence-corrected chi connectivity index (χ1v) is 14.6. The Kier molecular flexibility index (Phi) is 8.11. The molecular formula is C28H34F2N6O4S. The van der Waals surface area contributed by atoms with Crippen LogP contribution in [0.2, 0.25) is 0 Å². The molecule has 13 heteroatoms. The number of nitrogens with zero attached hydrogens (tertiary/aromatic N) is 5. The molecule has 1 aromatic carbocycles. The number of carbonyl (C=O) groups excluding carboxylic acids is 2. The second kappa shape index (κ2) is 11.4. The first-order valence-electron chi connectivity index (χ1n) is 13.4. The monoisotopic (exact) mass is 588 g/mol. The fraction of sp³-hybridized carbons (Fsp3) is 0.500. The molecule has 2 saturated heterocycles. The highest BCUT2D eigenvalue weighted by molar-refractivity contribution is 7.98. The van der Waals surface area contributed by atoms with Gasteiger partial charge in [-0.15, -0.1) is 16.9 Å². The van der Waals surface area contributed by atoms with Crippen LogP contribution in [0.25, 0.3) is 5.65 Å². The van der Waals surface area contributed by atoms with E-state index in [0.717, 1.165) is 4.90 Å². The van der Waals surface area contributed by atoms with E-state index in [0.29, 0.717) is 17.0 Å². The van der Waals surface area contributed by atoms with Gasteiger partial charge in [-0.3, -0.25) is 4.79 Å². The number of fused-ring (bicyclic) bond motifs is 1. The maximum Gasteiger partial charge on any atom is 0.410 e. The van der Waals surface area contributed by atoms with Gasteiger partial charge in [0.15, 0.2) is 11.3 Å². The smallest absolute Gasteiger partial charge is 0.410 e. The van der Waals surface area contributed by atoms with Crippen LogP contribution in [0.1, 0.15) is 49.3 Å². The SMILES string of the molecule is CO[C@H]1CN(C(=O)OC(C)(C)C)C[C@@H]1NC(=O)c1cnc2ccc(N3C[C@@H](F)C[C@@H]3c3cc(F)cc(SC)c3)nn12. The van der Waals surface area contributed by atoms with E-state index in [1.807, 2.05) is 12.3 Å². The Morgan fingerprint density at radius 2 is 1.93 bits per heavy atom. The number of amides is 2. The van der Waals surface area contributed by atoms with Gasteiger partial charge in [-0.25, -0.2) is 23.1 Å². The Balaban J connectivity index is 1.37. The van der Waals surface area contributed by atoms with Gasteiger partial charge in [0.1, 0.15) is 23.4 Å². The van der Waals surface area contributed by atoms with Crippen molar-refractivity contribution in [2.75, 3.05) is 37.9 Å². The second-order valence-corrected chi connectivity index (χ2v) is 12.1. The number of imidazole rings is 1. The molecule has 4 heterocycles. The maximum atomic E-state index is 14.7. The largest absolute Gasteiger partial charge is 0.444 e.